The molecule has 0 aliphatic heterocycles. The summed E-state index contributed by atoms with van der Waals surface area (Å²) in [5, 5.41) is 24.7. The summed E-state index contributed by atoms with van der Waals surface area (Å²) >= 11 is 0. The van der Waals surface area contributed by atoms with E-state index in [1.165, 1.54) is 0 Å². The predicted molar refractivity (Wildman–Crippen MR) is 58.1 cm³/mol. The minimum atomic E-state index is -0.757. The Hall–Kier alpha value is -0.680. The summed E-state index contributed by atoms with van der Waals surface area (Å²) in [6.07, 6.45) is 1.89. The Kier molecular flexibility index (Phi) is 8.47. The molecule has 4 N–H and O–H groups in total. The van der Waals surface area contributed by atoms with E-state index in [1.54, 1.807) is 12.2 Å². The largest absolute Gasteiger partial charge is 0.389 e. The van der Waals surface area contributed by atoms with Crippen LogP contribution in [0.2, 0.25) is 0 Å². The molecule has 0 aliphatic rings. The van der Waals surface area contributed by atoms with Gasteiger partial charge in [0.2, 0.25) is 0 Å². The van der Waals surface area contributed by atoms with Crippen LogP contribution in [0, 0.1) is 0 Å². The van der Waals surface area contributed by atoms with Gasteiger partial charge < -0.3 is 20.8 Å². The SMILES string of the molecule is C=CCNCC(O)C(O)CNCC=C. The van der Waals surface area contributed by atoms with Gasteiger partial charge in [-0.15, -0.1) is 13.2 Å². The highest BCUT2D eigenvalue weighted by molar-refractivity contribution is 4.77. The van der Waals surface area contributed by atoms with Gasteiger partial charge in [-0.05, 0) is 0 Å². The van der Waals surface area contributed by atoms with Crippen LogP contribution in [0.5, 0.6) is 0 Å². The predicted octanol–water partition coefficient (Wildman–Crippen LogP) is -0.741. The third-order valence-electron chi connectivity index (χ3n) is 1.73. The lowest BCUT2D eigenvalue weighted by Crippen LogP contribution is -2.42. The summed E-state index contributed by atoms with van der Waals surface area (Å²) in [6.45, 7) is 9.05. The first kappa shape index (κ1) is 13.3. The Morgan fingerprint density at radius 3 is 1.57 bits per heavy atom. The first-order valence-electron chi connectivity index (χ1n) is 4.71. The van der Waals surface area contributed by atoms with Crippen LogP contribution in [0.3, 0.4) is 0 Å². The summed E-state index contributed by atoms with van der Waals surface area (Å²) in [4.78, 5) is 0. The van der Waals surface area contributed by atoms with E-state index < -0.39 is 12.2 Å². The van der Waals surface area contributed by atoms with Crippen molar-refractivity contribution < 1.29 is 10.2 Å². The smallest absolute Gasteiger partial charge is 0.0935 e. The topological polar surface area (TPSA) is 64.5 Å². The molecule has 0 fully saturated rings. The third-order valence-corrected chi connectivity index (χ3v) is 1.73. The summed E-state index contributed by atoms with van der Waals surface area (Å²) in [5.74, 6) is 0. The van der Waals surface area contributed by atoms with E-state index in [0.717, 1.165) is 0 Å². The first-order valence-corrected chi connectivity index (χ1v) is 4.71. The molecule has 2 unspecified atom stereocenters. The number of hydrogen-bond acceptors (Lipinski definition) is 4. The van der Waals surface area contributed by atoms with E-state index in [-0.39, 0.29) is 0 Å². The molecule has 4 nitrogen and oxygen atoms in total. The van der Waals surface area contributed by atoms with Crippen molar-refractivity contribution in [3.8, 4) is 0 Å². The fourth-order valence-electron chi connectivity index (χ4n) is 0.939. The molecule has 0 bridgehead atoms. The zero-order valence-electron chi connectivity index (χ0n) is 8.45. The van der Waals surface area contributed by atoms with Crippen LogP contribution < -0.4 is 10.6 Å². The van der Waals surface area contributed by atoms with Crippen molar-refractivity contribution in [2.24, 2.45) is 0 Å². The van der Waals surface area contributed by atoms with E-state index in [2.05, 4.69) is 23.8 Å². The molecule has 0 spiro atoms. The standard InChI is InChI=1S/C10H20N2O2/c1-3-5-11-7-9(13)10(14)8-12-6-4-2/h3-4,9-14H,1-2,5-8H2. The molecule has 82 valence electrons. The van der Waals surface area contributed by atoms with Crippen molar-refractivity contribution >= 4 is 0 Å². The second kappa shape index (κ2) is 8.90. The maximum atomic E-state index is 9.43. The number of rotatable bonds is 9. The first-order chi connectivity index (χ1) is 6.72. The van der Waals surface area contributed by atoms with E-state index in [4.69, 9.17) is 0 Å². The average Bonchev–Trinajstić information content (AvgIpc) is 2.18. The molecule has 0 saturated heterocycles. The van der Waals surface area contributed by atoms with Gasteiger partial charge in [0.15, 0.2) is 0 Å². The van der Waals surface area contributed by atoms with Gasteiger partial charge in [-0.2, -0.15) is 0 Å². The lowest BCUT2D eigenvalue weighted by atomic mass is 10.2. The van der Waals surface area contributed by atoms with Crippen molar-refractivity contribution in [3.05, 3.63) is 25.3 Å². The van der Waals surface area contributed by atoms with Gasteiger partial charge in [-0.1, -0.05) is 12.2 Å². The number of hydrogen-bond donors (Lipinski definition) is 4. The van der Waals surface area contributed by atoms with Crippen LogP contribution in [0.25, 0.3) is 0 Å². The lowest BCUT2D eigenvalue weighted by molar-refractivity contribution is 0.0220. The number of aliphatic hydroxyl groups excluding tert-OH is 2. The van der Waals surface area contributed by atoms with Crippen molar-refractivity contribution in [1.29, 1.82) is 0 Å². The van der Waals surface area contributed by atoms with Gasteiger partial charge in [-0.25, -0.2) is 0 Å². The molecule has 0 rings (SSSR count). The molecule has 14 heavy (non-hydrogen) atoms. The van der Waals surface area contributed by atoms with Crippen LogP contribution in [0.15, 0.2) is 25.3 Å². The monoisotopic (exact) mass is 200 g/mol. The van der Waals surface area contributed by atoms with Crippen LogP contribution in [-0.4, -0.2) is 48.6 Å². The summed E-state index contributed by atoms with van der Waals surface area (Å²) in [5.41, 5.74) is 0. The Morgan fingerprint density at radius 2 is 1.29 bits per heavy atom. The highest BCUT2D eigenvalue weighted by atomic mass is 16.3. The van der Waals surface area contributed by atoms with Gasteiger partial charge in [0, 0.05) is 26.2 Å². The zero-order valence-corrected chi connectivity index (χ0v) is 8.45. The van der Waals surface area contributed by atoms with Crippen LogP contribution in [0.1, 0.15) is 0 Å². The molecule has 0 aliphatic carbocycles. The van der Waals surface area contributed by atoms with Crippen molar-refractivity contribution in [2.75, 3.05) is 26.2 Å². The average molecular weight is 200 g/mol. The molecule has 0 heterocycles. The molecule has 0 aromatic rings. The summed E-state index contributed by atoms with van der Waals surface area (Å²) in [7, 11) is 0. The summed E-state index contributed by atoms with van der Waals surface area (Å²) < 4.78 is 0. The molecule has 2 atom stereocenters. The van der Waals surface area contributed by atoms with Crippen molar-refractivity contribution in [1.82, 2.24) is 10.6 Å². The molecule has 4 heteroatoms. The van der Waals surface area contributed by atoms with Gasteiger partial charge in [0.05, 0.1) is 12.2 Å². The van der Waals surface area contributed by atoms with E-state index in [1.807, 2.05) is 0 Å². The van der Waals surface area contributed by atoms with Gasteiger partial charge in [0.25, 0.3) is 0 Å². The Bertz CT molecular complexity index is 144. The maximum absolute atomic E-state index is 9.43. The lowest BCUT2D eigenvalue weighted by Gasteiger charge is -2.18. The van der Waals surface area contributed by atoms with Crippen LogP contribution >= 0.6 is 0 Å². The van der Waals surface area contributed by atoms with Gasteiger partial charge in [-0.3, -0.25) is 0 Å². The Balaban J connectivity index is 3.47. The fourth-order valence-corrected chi connectivity index (χ4v) is 0.939. The second-order valence-corrected chi connectivity index (χ2v) is 3.03. The normalized spacial score (nSPS) is 14.7. The quantitative estimate of drug-likeness (QED) is 0.292. The second-order valence-electron chi connectivity index (χ2n) is 3.03. The molecule has 0 aromatic heterocycles. The molecule has 0 amide bonds. The Labute approximate surface area is 85.3 Å². The number of aliphatic hydroxyl groups is 2. The van der Waals surface area contributed by atoms with Crippen molar-refractivity contribution in [3.63, 3.8) is 0 Å². The molecular weight excluding hydrogens is 180 g/mol. The fraction of sp³-hybridized carbons (Fsp3) is 0.600. The minimum Gasteiger partial charge on any atom is -0.389 e. The highest BCUT2D eigenvalue weighted by Gasteiger charge is 2.14. The van der Waals surface area contributed by atoms with E-state index in [9.17, 15) is 10.2 Å². The van der Waals surface area contributed by atoms with E-state index >= 15 is 0 Å². The molecule has 0 saturated carbocycles. The minimum absolute atomic E-state index is 0.364. The zero-order chi connectivity index (χ0) is 10.8. The highest BCUT2D eigenvalue weighted by Crippen LogP contribution is 1.90. The van der Waals surface area contributed by atoms with Gasteiger partial charge in [0.1, 0.15) is 0 Å². The number of nitrogens with one attached hydrogen (secondary N) is 2. The van der Waals surface area contributed by atoms with Gasteiger partial charge >= 0.3 is 0 Å². The van der Waals surface area contributed by atoms with Crippen molar-refractivity contribution in [2.45, 2.75) is 12.2 Å². The van der Waals surface area contributed by atoms with E-state index in [0.29, 0.717) is 26.2 Å². The van der Waals surface area contributed by atoms with Crippen LogP contribution in [-0.2, 0) is 0 Å². The summed E-state index contributed by atoms with van der Waals surface area (Å²) in [6, 6.07) is 0. The Morgan fingerprint density at radius 1 is 0.929 bits per heavy atom. The molecule has 0 aromatic carbocycles. The molecule has 0 radical (unpaired) electrons. The molecular formula is C10H20N2O2. The maximum Gasteiger partial charge on any atom is 0.0935 e. The van der Waals surface area contributed by atoms with Crippen LogP contribution in [0.4, 0.5) is 0 Å². The third kappa shape index (κ3) is 6.80.